The fourth-order valence-corrected chi connectivity index (χ4v) is 1.36. The molecule has 0 saturated heterocycles. The molecule has 5 heteroatoms. The molecular formula is C11H10ClN3O. The van der Waals surface area contributed by atoms with Crippen molar-refractivity contribution in [1.82, 2.24) is 9.97 Å². The molecule has 0 amide bonds. The van der Waals surface area contributed by atoms with Gasteiger partial charge in [-0.05, 0) is 24.6 Å². The summed E-state index contributed by atoms with van der Waals surface area (Å²) in [7, 11) is 0. The van der Waals surface area contributed by atoms with E-state index in [-0.39, 0.29) is 16.7 Å². The second-order valence-electron chi connectivity index (χ2n) is 3.30. The quantitative estimate of drug-likeness (QED) is 0.870. The molecule has 0 aliphatic rings. The molecule has 0 unspecified atom stereocenters. The van der Waals surface area contributed by atoms with Crippen LogP contribution in [0.3, 0.4) is 0 Å². The fraction of sp³-hybridized carbons (Fsp3) is 0.0909. The normalized spacial score (nSPS) is 10.1. The summed E-state index contributed by atoms with van der Waals surface area (Å²) in [5.74, 6) is 1.14. The summed E-state index contributed by atoms with van der Waals surface area (Å²) in [6, 6.07) is 7.57. The van der Waals surface area contributed by atoms with Crippen molar-refractivity contribution in [3.63, 3.8) is 0 Å². The lowest BCUT2D eigenvalue weighted by Crippen LogP contribution is -1.96. The van der Waals surface area contributed by atoms with Crippen molar-refractivity contribution in [3.8, 4) is 11.6 Å². The van der Waals surface area contributed by atoms with E-state index in [1.54, 1.807) is 0 Å². The monoisotopic (exact) mass is 235 g/mol. The summed E-state index contributed by atoms with van der Waals surface area (Å²) in [6.07, 6.45) is 1.31. The zero-order valence-corrected chi connectivity index (χ0v) is 9.40. The number of anilines is 1. The maximum Gasteiger partial charge on any atom is 0.243 e. The van der Waals surface area contributed by atoms with Crippen LogP contribution in [0.15, 0.2) is 30.6 Å². The van der Waals surface area contributed by atoms with Crippen LogP contribution in [-0.4, -0.2) is 9.97 Å². The molecule has 2 N–H and O–H groups in total. The molecule has 2 aromatic rings. The number of nitrogens with two attached hydrogens (primary N) is 1. The van der Waals surface area contributed by atoms with Crippen LogP contribution in [0.4, 0.5) is 5.82 Å². The minimum Gasteiger partial charge on any atom is -0.437 e. The van der Waals surface area contributed by atoms with Gasteiger partial charge >= 0.3 is 0 Å². The van der Waals surface area contributed by atoms with Gasteiger partial charge in [-0.2, -0.15) is 4.98 Å². The predicted molar refractivity (Wildman–Crippen MR) is 62.7 cm³/mol. The minimum atomic E-state index is 0.208. The molecule has 0 atom stereocenters. The van der Waals surface area contributed by atoms with Crippen molar-refractivity contribution in [2.45, 2.75) is 6.92 Å². The molecule has 1 aromatic carbocycles. The number of benzene rings is 1. The molecule has 0 fully saturated rings. The molecule has 0 bridgehead atoms. The van der Waals surface area contributed by atoms with Gasteiger partial charge in [-0.1, -0.05) is 23.7 Å². The first-order chi connectivity index (χ1) is 7.66. The standard InChI is InChI=1S/C11H10ClN3O/c1-7-3-2-4-8(5-7)16-11-9(12)10(13)14-6-15-11/h2-6H,1H3,(H2,13,14,15). The molecule has 1 heterocycles. The molecule has 16 heavy (non-hydrogen) atoms. The maximum absolute atomic E-state index is 5.91. The molecule has 0 aliphatic carbocycles. The number of aryl methyl sites for hydroxylation is 1. The second-order valence-corrected chi connectivity index (χ2v) is 3.67. The zero-order valence-electron chi connectivity index (χ0n) is 8.64. The number of hydrogen-bond donors (Lipinski definition) is 1. The summed E-state index contributed by atoms with van der Waals surface area (Å²) >= 11 is 5.91. The van der Waals surface area contributed by atoms with E-state index >= 15 is 0 Å². The maximum atomic E-state index is 5.91. The average molecular weight is 236 g/mol. The van der Waals surface area contributed by atoms with Crippen LogP contribution in [0.1, 0.15) is 5.56 Å². The van der Waals surface area contributed by atoms with E-state index in [0.29, 0.717) is 5.75 Å². The number of hydrogen-bond acceptors (Lipinski definition) is 4. The van der Waals surface area contributed by atoms with Crippen LogP contribution in [0.2, 0.25) is 5.02 Å². The Morgan fingerprint density at radius 1 is 1.31 bits per heavy atom. The highest BCUT2D eigenvalue weighted by molar-refractivity contribution is 6.34. The van der Waals surface area contributed by atoms with Gasteiger partial charge in [0.2, 0.25) is 5.88 Å². The van der Waals surface area contributed by atoms with Gasteiger partial charge in [-0.15, -0.1) is 0 Å². The molecule has 0 spiro atoms. The van der Waals surface area contributed by atoms with Crippen LogP contribution >= 0.6 is 11.6 Å². The highest BCUT2D eigenvalue weighted by Crippen LogP contribution is 2.29. The third kappa shape index (κ3) is 2.23. The first kappa shape index (κ1) is 10.7. The van der Waals surface area contributed by atoms with Crippen molar-refractivity contribution >= 4 is 17.4 Å². The van der Waals surface area contributed by atoms with E-state index in [1.165, 1.54) is 6.33 Å². The van der Waals surface area contributed by atoms with E-state index in [9.17, 15) is 0 Å². The number of aromatic nitrogens is 2. The number of halogens is 1. The highest BCUT2D eigenvalue weighted by atomic mass is 35.5. The topological polar surface area (TPSA) is 61.0 Å². The average Bonchev–Trinajstić information content (AvgIpc) is 2.25. The number of rotatable bonds is 2. The van der Waals surface area contributed by atoms with Crippen LogP contribution in [0.25, 0.3) is 0 Å². The lowest BCUT2D eigenvalue weighted by Gasteiger charge is -2.07. The van der Waals surface area contributed by atoms with Crippen LogP contribution in [-0.2, 0) is 0 Å². The Hall–Kier alpha value is -1.81. The fourth-order valence-electron chi connectivity index (χ4n) is 1.23. The van der Waals surface area contributed by atoms with E-state index in [0.717, 1.165) is 5.56 Å². The molecule has 0 aliphatic heterocycles. The summed E-state index contributed by atoms with van der Waals surface area (Å²) in [6.45, 7) is 1.98. The van der Waals surface area contributed by atoms with Gasteiger partial charge < -0.3 is 10.5 Å². The summed E-state index contributed by atoms with van der Waals surface area (Å²) < 4.78 is 5.51. The van der Waals surface area contributed by atoms with Crippen LogP contribution < -0.4 is 10.5 Å². The molecular weight excluding hydrogens is 226 g/mol. The second kappa shape index (κ2) is 4.37. The van der Waals surface area contributed by atoms with Gasteiger partial charge in [-0.3, -0.25) is 0 Å². The van der Waals surface area contributed by atoms with Crippen molar-refractivity contribution in [2.24, 2.45) is 0 Å². The summed E-state index contributed by atoms with van der Waals surface area (Å²) in [4.78, 5) is 7.67. The van der Waals surface area contributed by atoms with Gasteiger partial charge in [0, 0.05) is 0 Å². The Morgan fingerprint density at radius 2 is 2.12 bits per heavy atom. The van der Waals surface area contributed by atoms with Crippen molar-refractivity contribution in [2.75, 3.05) is 5.73 Å². The number of nitrogen functional groups attached to an aromatic ring is 1. The Bertz CT molecular complexity index is 516. The third-order valence-corrected chi connectivity index (χ3v) is 2.34. The minimum absolute atomic E-state index is 0.208. The molecule has 82 valence electrons. The van der Waals surface area contributed by atoms with Crippen molar-refractivity contribution in [3.05, 3.63) is 41.2 Å². The molecule has 1 aromatic heterocycles. The SMILES string of the molecule is Cc1cccc(Oc2ncnc(N)c2Cl)c1. The molecule has 2 rings (SSSR count). The van der Waals surface area contributed by atoms with E-state index in [1.807, 2.05) is 31.2 Å². The van der Waals surface area contributed by atoms with Crippen molar-refractivity contribution in [1.29, 1.82) is 0 Å². The van der Waals surface area contributed by atoms with Gasteiger partial charge in [0.25, 0.3) is 0 Å². The Labute approximate surface area is 98.0 Å². The number of nitrogens with zero attached hydrogens (tertiary/aromatic N) is 2. The molecule has 4 nitrogen and oxygen atoms in total. The third-order valence-electron chi connectivity index (χ3n) is 1.99. The Morgan fingerprint density at radius 3 is 2.88 bits per heavy atom. The van der Waals surface area contributed by atoms with E-state index in [4.69, 9.17) is 22.1 Å². The molecule has 0 saturated carbocycles. The van der Waals surface area contributed by atoms with Crippen LogP contribution in [0, 0.1) is 6.92 Å². The first-order valence-electron chi connectivity index (χ1n) is 4.67. The highest BCUT2D eigenvalue weighted by Gasteiger charge is 2.08. The molecule has 0 radical (unpaired) electrons. The van der Waals surface area contributed by atoms with E-state index < -0.39 is 0 Å². The van der Waals surface area contributed by atoms with Gasteiger partial charge in [-0.25, -0.2) is 4.98 Å². The zero-order chi connectivity index (χ0) is 11.5. The van der Waals surface area contributed by atoms with Crippen LogP contribution in [0.5, 0.6) is 11.6 Å². The van der Waals surface area contributed by atoms with Crippen molar-refractivity contribution < 1.29 is 4.74 Å². The predicted octanol–water partition coefficient (Wildman–Crippen LogP) is 2.81. The smallest absolute Gasteiger partial charge is 0.243 e. The Balaban J connectivity index is 2.31. The van der Waals surface area contributed by atoms with Gasteiger partial charge in [0.1, 0.15) is 22.9 Å². The van der Waals surface area contributed by atoms with Gasteiger partial charge in [0.05, 0.1) is 0 Å². The summed E-state index contributed by atoms with van der Waals surface area (Å²) in [5.41, 5.74) is 6.63. The number of ether oxygens (including phenoxy) is 1. The van der Waals surface area contributed by atoms with Gasteiger partial charge in [0.15, 0.2) is 0 Å². The Kier molecular flexibility index (Phi) is 2.92. The first-order valence-corrected chi connectivity index (χ1v) is 5.05. The lowest BCUT2D eigenvalue weighted by atomic mass is 10.2. The largest absolute Gasteiger partial charge is 0.437 e. The summed E-state index contributed by atoms with van der Waals surface area (Å²) in [5, 5.41) is 0.226. The van der Waals surface area contributed by atoms with E-state index in [2.05, 4.69) is 9.97 Å². The lowest BCUT2D eigenvalue weighted by molar-refractivity contribution is 0.462.